The van der Waals surface area contributed by atoms with E-state index < -0.39 is 23.2 Å². The fourth-order valence-corrected chi connectivity index (χ4v) is 4.74. The highest BCUT2D eigenvalue weighted by Gasteiger charge is 2.50. The Labute approximate surface area is 174 Å². The maximum absolute atomic E-state index is 13.9. The number of nitrogens with zero attached hydrogens (tertiary/aromatic N) is 1. The molecule has 2 aliphatic rings. The summed E-state index contributed by atoms with van der Waals surface area (Å²) in [6, 6.07) is 5.65. The summed E-state index contributed by atoms with van der Waals surface area (Å²) in [4.78, 5) is 16.8. The van der Waals surface area contributed by atoms with Crippen LogP contribution in [-0.4, -0.2) is 25.5 Å². The van der Waals surface area contributed by atoms with Crippen molar-refractivity contribution in [3.8, 4) is 11.8 Å². The number of hydrogen-bond acceptors (Lipinski definition) is 6. The summed E-state index contributed by atoms with van der Waals surface area (Å²) >= 11 is 0. The molecule has 0 bridgehead atoms. The lowest BCUT2D eigenvalue weighted by molar-refractivity contribution is -0.114. The lowest BCUT2D eigenvalue weighted by Crippen LogP contribution is -2.50. The van der Waals surface area contributed by atoms with E-state index in [-0.39, 0.29) is 11.8 Å². The van der Waals surface area contributed by atoms with Crippen LogP contribution in [0, 0.1) is 23.5 Å². The largest absolute Gasteiger partial charge is 0.481 e. The summed E-state index contributed by atoms with van der Waals surface area (Å²) in [6.45, 7) is 0. The minimum atomic E-state index is -1.16. The number of rotatable bonds is 6. The van der Waals surface area contributed by atoms with Gasteiger partial charge in [0, 0.05) is 18.2 Å². The van der Waals surface area contributed by atoms with Crippen molar-refractivity contribution in [2.24, 2.45) is 11.8 Å². The van der Waals surface area contributed by atoms with Crippen LogP contribution in [0.5, 0.6) is 11.8 Å². The van der Waals surface area contributed by atoms with Crippen molar-refractivity contribution in [3.63, 3.8) is 0 Å². The number of pyridine rings is 1. The third kappa shape index (κ3) is 3.34. The zero-order chi connectivity index (χ0) is 21.3. The van der Waals surface area contributed by atoms with Crippen molar-refractivity contribution in [2.75, 3.05) is 24.9 Å². The van der Waals surface area contributed by atoms with Gasteiger partial charge in [-0.1, -0.05) is 19.3 Å². The fraction of sp³-hybridized carbons (Fsp3) is 0.455. The summed E-state index contributed by atoms with van der Waals surface area (Å²) in [5.74, 6) is -1.70. The maximum atomic E-state index is 13.9. The first-order valence-corrected chi connectivity index (χ1v) is 10.1. The van der Waals surface area contributed by atoms with Gasteiger partial charge in [-0.3, -0.25) is 0 Å². The molecule has 1 aromatic heterocycles. The van der Waals surface area contributed by atoms with E-state index in [0.717, 1.165) is 50.5 Å². The number of carbonyl (C=O) groups excluding carboxylic acids is 1. The smallest absolute Gasteiger partial charge is 0.223 e. The standard InChI is InChI=1S/C22H25F2N3O3/c1-29-20-9-8-14(21(25-20)30-2)22(15(12-28)13-6-4-3-5-7-13)26-18-10-16(23)17(24)11-19(18)27-22/h8-13,15,26-27H,3-7H2,1-2H3. The number of anilines is 2. The Kier molecular flexibility index (Phi) is 5.49. The number of halogens is 2. The Balaban J connectivity index is 1.87. The number of aldehydes is 1. The van der Waals surface area contributed by atoms with Gasteiger partial charge >= 0.3 is 0 Å². The highest BCUT2D eigenvalue weighted by atomic mass is 19.2. The van der Waals surface area contributed by atoms with E-state index >= 15 is 0 Å². The van der Waals surface area contributed by atoms with Gasteiger partial charge in [0.25, 0.3) is 0 Å². The molecule has 0 radical (unpaired) electrons. The molecule has 0 spiro atoms. The molecule has 1 fully saturated rings. The Morgan fingerprint density at radius 1 is 1.07 bits per heavy atom. The van der Waals surface area contributed by atoms with Crippen molar-refractivity contribution in [1.29, 1.82) is 0 Å². The lowest BCUT2D eigenvalue weighted by atomic mass is 9.72. The molecule has 0 amide bonds. The lowest BCUT2D eigenvalue weighted by Gasteiger charge is -2.41. The topological polar surface area (TPSA) is 72.5 Å². The van der Waals surface area contributed by atoms with Crippen molar-refractivity contribution in [1.82, 2.24) is 4.98 Å². The second kappa shape index (κ2) is 8.08. The average Bonchev–Trinajstić information content (AvgIpc) is 3.13. The van der Waals surface area contributed by atoms with Crippen LogP contribution in [-0.2, 0) is 10.5 Å². The van der Waals surface area contributed by atoms with Crippen LogP contribution in [0.1, 0.15) is 37.7 Å². The molecular formula is C22H25F2N3O3. The molecule has 6 nitrogen and oxygen atoms in total. The first kappa shape index (κ1) is 20.4. The predicted molar refractivity (Wildman–Crippen MR) is 109 cm³/mol. The fourth-order valence-electron chi connectivity index (χ4n) is 4.74. The summed E-state index contributed by atoms with van der Waals surface area (Å²) in [5.41, 5.74) is 0.186. The molecule has 1 saturated carbocycles. The van der Waals surface area contributed by atoms with E-state index in [2.05, 4.69) is 15.6 Å². The minimum absolute atomic E-state index is 0.104. The molecule has 1 aliphatic heterocycles. The van der Waals surface area contributed by atoms with Crippen LogP contribution in [0.3, 0.4) is 0 Å². The summed E-state index contributed by atoms with van der Waals surface area (Å²) in [6.07, 6.45) is 5.95. The normalized spacial score (nSPS) is 18.7. The van der Waals surface area contributed by atoms with E-state index in [0.29, 0.717) is 22.8 Å². The molecule has 2 aromatic rings. The van der Waals surface area contributed by atoms with E-state index in [1.165, 1.54) is 14.2 Å². The van der Waals surface area contributed by atoms with E-state index in [4.69, 9.17) is 9.47 Å². The second-order valence-corrected chi connectivity index (χ2v) is 7.84. The van der Waals surface area contributed by atoms with Crippen molar-refractivity contribution >= 4 is 17.7 Å². The van der Waals surface area contributed by atoms with Gasteiger partial charge in [0.15, 0.2) is 11.6 Å². The number of benzene rings is 1. The van der Waals surface area contributed by atoms with Crippen LogP contribution >= 0.6 is 0 Å². The summed E-state index contributed by atoms with van der Waals surface area (Å²) in [5, 5.41) is 6.57. The van der Waals surface area contributed by atoms with Gasteiger partial charge in [-0.25, -0.2) is 8.78 Å². The Morgan fingerprint density at radius 3 is 2.23 bits per heavy atom. The molecule has 2 heterocycles. The van der Waals surface area contributed by atoms with Crippen LogP contribution in [0.25, 0.3) is 0 Å². The zero-order valence-electron chi connectivity index (χ0n) is 17.0. The average molecular weight is 417 g/mol. The van der Waals surface area contributed by atoms with E-state index in [1.807, 2.05) is 0 Å². The Morgan fingerprint density at radius 2 is 1.70 bits per heavy atom. The minimum Gasteiger partial charge on any atom is -0.481 e. The number of carbonyl (C=O) groups is 1. The molecule has 160 valence electrons. The molecule has 1 unspecified atom stereocenters. The molecule has 0 saturated heterocycles. The van der Waals surface area contributed by atoms with Crippen LogP contribution in [0.2, 0.25) is 0 Å². The molecule has 1 atom stereocenters. The Bertz CT molecular complexity index is 916. The van der Waals surface area contributed by atoms with Crippen molar-refractivity contribution in [2.45, 2.75) is 37.8 Å². The second-order valence-electron chi connectivity index (χ2n) is 7.84. The van der Waals surface area contributed by atoms with Crippen LogP contribution in [0.4, 0.5) is 20.2 Å². The monoisotopic (exact) mass is 417 g/mol. The summed E-state index contributed by atoms with van der Waals surface area (Å²) < 4.78 is 38.6. The summed E-state index contributed by atoms with van der Waals surface area (Å²) in [7, 11) is 2.98. The number of hydrogen-bond donors (Lipinski definition) is 2. The van der Waals surface area contributed by atoms with Crippen molar-refractivity contribution in [3.05, 3.63) is 41.5 Å². The molecule has 2 N–H and O–H groups in total. The van der Waals surface area contributed by atoms with Crippen LogP contribution in [0.15, 0.2) is 24.3 Å². The molecule has 1 aromatic carbocycles. The van der Waals surface area contributed by atoms with Crippen LogP contribution < -0.4 is 20.1 Å². The SMILES string of the molecule is COc1ccc(C2(C(C=O)C3CCCCC3)Nc3cc(F)c(F)cc3N2)c(OC)n1. The van der Waals surface area contributed by atoms with E-state index in [9.17, 15) is 13.6 Å². The molecule has 30 heavy (non-hydrogen) atoms. The predicted octanol–water partition coefficient (Wildman–Crippen LogP) is 4.46. The van der Waals surface area contributed by atoms with Crippen molar-refractivity contribution < 1.29 is 23.0 Å². The van der Waals surface area contributed by atoms with Gasteiger partial charge in [-0.05, 0) is 24.8 Å². The third-order valence-corrected chi connectivity index (χ3v) is 6.19. The van der Waals surface area contributed by atoms with Gasteiger partial charge in [-0.15, -0.1) is 0 Å². The highest BCUT2D eigenvalue weighted by Crippen LogP contribution is 2.50. The third-order valence-electron chi connectivity index (χ3n) is 6.19. The molecule has 4 rings (SSSR count). The van der Waals surface area contributed by atoms with Gasteiger partial charge in [0.1, 0.15) is 11.9 Å². The maximum Gasteiger partial charge on any atom is 0.223 e. The van der Waals surface area contributed by atoms with Gasteiger partial charge in [0.05, 0.1) is 37.1 Å². The number of nitrogens with one attached hydrogen (secondary N) is 2. The number of ether oxygens (including phenoxy) is 2. The first-order valence-electron chi connectivity index (χ1n) is 10.1. The quantitative estimate of drug-likeness (QED) is 0.676. The number of aromatic nitrogens is 1. The van der Waals surface area contributed by atoms with E-state index in [1.54, 1.807) is 12.1 Å². The molecule has 1 aliphatic carbocycles. The van der Waals surface area contributed by atoms with Gasteiger partial charge in [0.2, 0.25) is 11.8 Å². The highest BCUT2D eigenvalue weighted by molar-refractivity contribution is 5.80. The first-order chi connectivity index (χ1) is 14.5. The number of methoxy groups -OCH3 is 2. The Hall–Kier alpha value is -2.90. The number of fused-ring (bicyclic) bond motifs is 1. The van der Waals surface area contributed by atoms with Gasteiger partial charge in [-0.2, -0.15) is 4.98 Å². The zero-order valence-corrected chi connectivity index (χ0v) is 17.0. The van der Waals surface area contributed by atoms with Gasteiger partial charge < -0.3 is 24.9 Å². The molecule has 8 heteroatoms. The molecular weight excluding hydrogens is 392 g/mol.